The molecule has 2 rings (SSSR count). The van der Waals surface area contributed by atoms with Crippen LogP contribution in [0.2, 0.25) is 0 Å². The monoisotopic (exact) mass is 241 g/mol. The Hall–Kier alpha value is -0.0300. The van der Waals surface area contributed by atoms with Gasteiger partial charge in [-0.3, -0.25) is 4.79 Å². The average Bonchev–Trinajstić information content (AvgIpc) is 2.28. The lowest BCUT2D eigenvalue weighted by atomic mass is 10.1. The molecule has 14 heavy (non-hydrogen) atoms. The quantitative estimate of drug-likeness (QED) is 0.634. The topological polar surface area (TPSA) is 49.6 Å². The van der Waals surface area contributed by atoms with Crippen LogP contribution in [0.25, 0.3) is 0 Å². The third kappa shape index (κ3) is 2.31. The highest BCUT2D eigenvalue weighted by atomic mass is 35.5. The van der Waals surface area contributed by atoms with E-state index in [2.05, 4.69) is 11.9 Å². The zero-order valence-electron chi connectivity index (χ0n) is 8.18. The summed E-state index contributed by atoms with van der Waals surface area (Å²) in [4.78, 5) is 15.6. The number of nitrogens with two attached hydrogens (primary N) is 1. The number of nitrogens with zero attached hydrogens (tertiary/aromatic N) is 2. The van der Waals surface area contributed by atoms with Crippen molar-refractivity contribution in [2.24, 2.45) is 5.73 Å². The van der Waals surface area contributed by atoms with Crippen molar-refractivity contribution >= 4 is 30.7 Å². The van der Waals surface area contributed by atoms with Gasteiger partial charge in [0.05, 0.1) is 6.04 Å². The van der Waals surface area contributed by atoms with E-state index in [9.17, 15) is 4.79 Å². The van der Waals surface area contributed by atoms with Gasteiger partial charge in [0, 0.05) is 25.7 Å². The van der Waals surface area contributed by atoms with Crippen LogP contribution < -0.4 is 5.73 Å². The minimum atomic E-state index is -0.235. The summed E-state index contributed by atoms with van der Waals surface area (Å²) in [6, 6.07) is 0.146. The molecule has 0 aromatic heterocycles. The van der Waals surface area contributed by atoms with E-state index in [-0.39, 0.29) is 36.8 Å². The maximum Gasteiger partial charge on any atom is 0.239 e. The van der Waals surface area contributed by atoms with Crippen LogP contribution in [0.3, 0.4) is 0 Å². The van der Waals surface area contributed by atoms with E-state index in [1.807, 2.05) is 4.90 Å². The van der Waals surface area contributed by atoms with E-state index in [4.69, 9.17) is 5.73 Å². The molecule has 84 valence electrons. The molecule has 2 heterocycles. The van der Waals surface area contributed by atoms with Crippen molar-refractivity contribution in [3.8, 4) is 0 Å². The lowest BCUT2D eigenvalue weighted by Crippen LogP contribution is -2.50. The summed E-state index contributed by atoms with van der Waals surface area (Å²) >= 11 is 0. The number of fused-ring (bicyclic) bond motifs is 1. The normalized spacial score (nSPS) is 31.9. The minimum absolute atomic E-state index is 0. The van der Waals surface area contributed by atoms with E-state index < -0.39 is 0 Å². The van der Waals surface area contributed by atoms with Gasteiger partial charge in [-0.25, -0.2) is 0 Å². The van der Waals surface area contributed by atoms with E-state index in [0.29, 0.717) is 6.04 Å². The zero-order valence-corrected chi connectivity index (χ0v) is 9.81. The molecule has 0 aromatic rings. The Balaban J connectivity index is 0.000000845. The van der Waals surface area contributed by atoms with Crippen LogP contribution in [-0.2, 0) is 4.79 Å². The van der Waals surface area contributed by atoms with Crippen LogP contribution in [0.4, 0.5) is 0 Å². The minimum Gasteiger partial charge on any atom is -0.336 e. The molecule has 2 aliphatic rings. The third-order valence-corrected chi connectivity index (χ3v) is 2.81. The van der Waals surface area contributed by atoms with Crippen molar-refractivity contribution in [1.29, 1.82) is 0 Å². The number of hydrogen-bond donors (Lipinski definition) is 1. The molecule has 1 amide bonds. The van der Waals surface area contributed by atoms with Gasteiger partial charge in [-0.2, -0.15) is 0 Å². The standard InChI is InChI=1S/C8H15N3O.2ClH/c1-10-2-3-11-6(5-10)4-7(9)8(11)12;;/h6-7H,2-5,9H2,1H3;2*1H. The highest BCUT2D eigenvalue weighted by Crippen LogP contribution is 2.21. The third-order valence-electron chi connectivity index (χ3n) is 2.81. The summed E-state index contributed by atoms with van der Waals surface area (Å²) < 4.78 is 0. The van der Waals surface area contributed by atoms with Crippen molar-refractivity contribution in [2.45, 2.75) is 18.5 Å². The molecule has 2 saturated heterocycles. The summed E-state index contributed by atoms with van der Waals surface area (Å²) in [5, 5.41) is 0. The Morgan fingerprint density at radius 2 is 2.00 bits per heavy atom. The second-order valence-electron chi connectivity index (χ2n) is 3.79. The fourth-order valence-corrected chi connectivity index (χ4v) is 2.11. The Labute approximate surface area is 96.6 Å². The molecule has 2 atom stereocenters. The molecule has 0 aliphatic carbocycles. The molecule has 2 fully saturated rings. The predicted molar refractivity (Wildman–Crippen MR) is 60.1 cm³/mol. The molecule has 2 N–H and O–H groups in total. The fraction of sp³-hybridized carbons (Fsp3) is 0.875. The Morgan fingerprint density at radius 3 is 2.64 bits per heavy atom. The van der Waals surface area contributed by atoms with Crippen LogP contribution in [0.1, 0.15) is 6.42 Å². The van der Waals surface area contributed by atoms with Gasteiger partial charge < -0.3 is 15.5 Å². The van der Waals surface area contributed by atoms with E-state index in [1.165, 1.54) is 0 Å². The number of likely N-dealkylation sites (N-methyl/N-ethyl adjacent to an activating group) is 1. The number of rotatable bonds is 0. The van der Waals surface area contributed by atoms with Crippen molar-refractivity contribution in [3.05, 3.63) is 0 Å². The van der Waals surface area contributed by atoms with Gasteiger partial charge in [0.2, 0.25) is 5.91 Å². The molecule has 0 bridgehead atoms. The van der Waals surface area contributed by atoms with Gasteiger partial charge in [-0.05, 0) is 13.5 Å². The van der Waals surface area contributed by atoms with E-state index in [1.54, 1.807) is 0 Å². The Kier molecular flexibility index (Phi) is 5.15. The largest absolute Gasteiger partial charge is 0.336 e. The highest BCUT2D eigenvalue weighted by molar-refractivity contribution is 5.85. The predicted octanol–water partition coefficient (Wildman–Crippen LogP) is -0.296. The van der Waals surface area contributed by atoms with Crippen LogP contribution in [0.5, 0.6) is 0 Å². The molecule has 0 saturated carbocycles. The van der Waals surface area contributed by atoms with Gasteiger partial charge in [0.1, 0.15) is 0 Å². The summed E-state index contributed by atoms with van der Waals surface area (Å²) in [6.07, 6.45) is 0.836. The lowest BCUT2D eigenvalue weighted by Gasteiger charge is -2.35. The molecular formula is C8H17Cl2N3O. The van der Waals surface area contributed by atoms with Crippen LogP contribution in [0.15, 0.2) is 0 Å². The number of amides is 1. The summed E-state index contributed by atoms with van der Waals surface area (Å²) in [5.74, 6) is 0.146. The van der Waals surface area contributed by atoms with Gasteiger partial charge in [0.15, 0.2) is 0 Å². The first kappa shape index (κ1) is 14.0. The summed E-state index contributed by atoms with van der Waals surface area (Å²) in [7, 11) is 2.09. The molecule has 0 radical (unpaired) electrons. The van der Waals surface area contributed by atoms with Crippen molar-refractivity contribution in [3.63, 3.8) is 0 Å². The SMILES string of the molecule is CN1CCN2C(=O)C(N)CC2C1.Cl.Cl. The molecule has 0 spiro atoms. The van der Waals surface area contributed by atoms with E-state index in [0.717, 1.165) is 26.1 Å². The van der Waals surface area contributed by atoms with Crippen LogP contribution in [-0.4, -0.2) is 54.5 Å². The van der Waals surface area contributed by atoms with Gasteiger partial charge in [0.25, 0.3) is 0 Å². The molecule has 2 aliphatic heterocycles. The van der Waals surface area contributed by atoms with Crippen LogP contribution in [0, 0.1) is 0 Å². The van der Waals surface area contributed by atoms with Gasteiger partial charge >= 0.3 is 0 Å². The first-order valence-electron chi connectivity index (χ1n) is 4.43. The van der Waals surface area contributed by atoms with E-state index >= 15 is 0 Å². The smallest absolute Gasteiger partial charge is 0.239 e. The van der Waals surface area contributed by atoms with Crippen molar-refractivity contribution in [2.75, 3.05) is 26.7 Å². The molecule has 4 nitrogen and oxygen atoms in total. The first-order chi connectivity index (χ1) is 5.68. The second-order valence-corrected chi connectivity index (χ2v) is 3.79. The molecule has 6 heteroatoms. The zero-order chi connectivity index (χ0) is 8.72. The number of halogens is 2. The fourth-order valence-electron chi connectivity index (χ4n) is 2.11. The van der Waals surface area contributed by atoms with Crippen LogP contribution >= 0.6 is 24.8 Å². The number of piperazine rings is 1. The van der Waals surface area contributed by atoms with Gasteiger partial charge in [-0.15, -0.1) is 24.8 Å². The van der Waals surface area contributed by atoms with Gasteiger partial charge in [-0.1, -0.05) is 0 Å². The number of carbonyl (C=O) groups excluding carboxylic acids is 1. The first-order valence-corrected chi connectivity index (χ1v) is 4.43. The lowest BCUT2D eigenvalue weighted by molar-refractivity contribution is -0.131. The maximum atomic E-state index is 11.4. The maximum absolute atomic E-state index is 11.4. The summed E-state index contributed by atoms with van der Waals surface area (Å²) in [6.45, 7) is 2.82. The van der Waals surface area contributed by atoms with Crippen molar-refractivity contribution < 1.29 is 4.79 Å². The number of carbonyl (C=O) groups is 1. The Bertz CT molecular complexity index is 215. The molecular weight excluding hydrogens is 225 g/mol. The number of hydrogen-bond acceptors (Lipinski definition) is 3. The summed E-state index contributed by atoms with van der Waals surface area (Å²) in [5.41, 5.74) is 5.67. The Morgan fingerprint density at radius 1 is 1.36 bits per heavy atom. The average molecular weight is 242 g/mol. The molecule has 0 aromatic carbocycles. The highest BCUT2D eigenvalue weighted by Gasteiger charge is 2.39. The van der Waals surface area contributed by atoms with Crippen molar-refractivity contribution in [1.82, 2.24) is 9.80 Å². The second kappa shape index (κ2) is 5.16. The molecule has 2 unspecified atom stereocenters.